The zero-order valence-electron chi connectivity index (χ0n) is 8.86. The van der Waals surface area contributed by atoms with Crippen LogP contribution in [-0.2, 0) is 5.60 Å². The zero-order chi connectivity index (χ0) is 10.2. The molecule has 1 N–H and O–H groups in total. The first-order chi connectivity index (χ1) is 6.63. The second-order valence-corrected chi connectivity index (χ2v) is 4.72. The molecule has 0 bridgehead atoms. The minimum atomic E-state index is -0.662. The van der Waals surface area contributed by atoms with Crippen molar-refractivity contribution in [1.82, 2.24) is 0 Å². The van der Waals surface area contributed by atoms with E-state index < -0.39 is 5.60 Å². The Morgan fingerprint density at radius 2 is 2.21 bits per heavy atom. The summed E-state index contributed by atoms with van der Waals surface area (Å²) < 4.78 is 5.06. The number of rotatable bonds is 1. The molecule has 0 radical (unpaired) electrons. The summed E-state index contributed by atoms with van der Waals surface area (Å²) in [6.07, 6.45) is 6.49. The van der Waals surface area contributed by atoms with E-state index in [1.54, 1.807) is 12.5 Å². The molecule has 3 unspecified atom stereocenters. The minimum absolute atomic E-state index is 0.330. The second kappa shape index (κ2) is 3.43. The van der Waals surface area contributed by atoms with Crippen molar-refractivity contribution in [3.8, 4) is 0 Å². The van der Waals surface area contributed by atoms with Crippen molar-refractivity contribution in [2.24, 2.45) is 11.8 Å². The van der Waals surface area contributed by atoms with Crippen molar-refractivity contribution >= 4 is 0 Å². The van der Waals surface area contributed by atoms with E-state index >= 15 is 0 Å². The van der Waals surface area contributed by atoms with Gasteiger partial charge in [-0.3, -0.25) is 0 Å². The summed E-state index contributed by atoms with van der Waals surface area (Å²) in [6, 6.07) is 1.88. The van der Waals surface area contributed by atoms with Crippen LogP contribution in [0.1, 0.15) is 38.7 Å². The van der Waals surface area contributed by atoms with Crippen molar-refractivity contribution < 1.29 is 9.52 Å². The van der Waals surface area contributed by atoms with Gasteiger partial charge >= 0.3 is 0 Å². The molecule has 0 amide bonds. The van der Waals surface area contributed by atoms with Gasteiger partial charge in [-0.15, -0.1) is 0 Å². The number of hydrogen-bond donors (Lipinski definition) is 1. The summed E-state index contributed by atoms with van der Waals surface area (Å²) in [5, 5.41) is 10.6. The highest BCUT2D eigenvalue weighted by Gasteiger charge is 2.40. The third-order valence-electron chi connectivity index (χ3n) is 3.59. The molecule has 2 nitrogen and oxygen atoms in total. The van der Waals surface area contributed by atoms with Gasteiger partial charge in [0.15, 0.2) is 0 Å². The van der Waals surface area contributed by atoms with E-state index in [1.165, 1.54) is 6.42 Å². The monoisotopic (exact) mass is 194 g/mol. The molecule has 1 aliphatic carbocycles. The third-order valence-corrected chi connectivity index (χ3v) is 3.59. The van der Waals surface area contributed by atoms with Crippen LogP contribution in [0.15, 0.2) is 23.0 Å². The maximum Gasteiger partial charge on any atom is 0.0963 e. The van der Waals surface area contributed by atoms with Crippen LogP contribution in [-0.4, -0.2) is 5.11 Å². The van der Waals surface area contributed by atoms with E-state index in [-0.39, 0.29) is 0 Å². The van der Waals surface area contributed by atoms with Gasteiger partial charge in [0.1, 0.15) is 0 Å². The van der Waals surface area contributed by atoms with Crippen LogP contribution in [0, 0.1) is 11.8 Å². The predicted octanol–water partition coefficient (Wildman–Crippen LogP) is 2.92. The molecule has 1 aromatic heterocycles. The smallest absolute Gasteiger partial charge is 0.0963 e. The third kappa shape index (κ3) is 1.48. The highest BCUT2D eigenvalue weighted by molar-refractivity contribution is 5.18. The summed E-state index contributed by atoms with van der Waals surface area (Å²) in [7, 11) is 0. The molecule has 1 saturated carbocycles. The van der Waals surface area contributed by atoms with E-state index in [0.717, 1.165) is 18.4 Å². The molecule has 14 heavy (non-hydrogen) atoms. The first-order valence-corrected chi connectivity index (χ1v) is 5.38. The predicted molar refractivity (Wildman–Crippen MR) is 54.8 cm³/mol. The van der Waals surface area contributed by atoms with E-state index in [1.807, 2.05) is 6.07 Å². The quantitative estimate of drug-likeness (QED) is 0.745. The first kappa shape index (κ1) is 9.78. The van der Waals surface area contributed by atoms with Crippen LogP contribution in [0.3, 0.4) is 0 Å². The zero-order valence-corrected chi connectivity index (χ0v) is 8.86. The van der Waals surface area contributed by atoms with Crippen molar-refractivity contribution in [2.75, 3.05) is 0 Å². The lowest BCUT2D eigenvalue weighted by Crippen LogP contribution is -2.38. The number of aliphatic hydroxyl groups is 1. The summed E-state index contributed by atoms with van der Waals surface area (Å²) in [4.78, 5) is 0. The van der Waals surface area contributed by atoms with Gasteiger partial charge in [0.05, 0.1) is 18.1 Å². The fourth-order valence-corrected chi connectivity index (χ4v) is 2.52. The SMILES string of the molecule is CC1CCC(C)C(O)(c2ccoc2)C1. The summed E-state index contributed by atoms with van der Waals surface area (Å²) >= 11 is 0. The van der Waals surface area contributed by atoms with Crippen LogP contribution in [0.4, 0.5) is 0 Å². The Morgan fingerprint density at radius 3 is 2.86 bits per heavy atom. The van der Waals surface area contributed by atoms with Gasteiger partial charge in [-0.05, 0) is 30.7 Å². The molecule has 2 heteroatoms. The van der Waals surface area contributed by atoms with Crippen LogP contribution >= 0.6 is 0 Å². The largest absolute Gasteiger partial charge is 0.472 e. The van der Waals surface area contributed by atoms with E-state index in [0.29, 0.717) is 11.8 Å². The molecule has 0 aromatic carbocycles. The second-order valence-electron chi connectivity index (χ2n) is 4.72. The van der Waals surface area contributed by atoms with Gasteiger partial charge in [0, 0.05) is 5.56 Å². The summed E-state index contributed by atoms with van der Waals surface area (Å²) in [5.74, 6) is 0.933. The Kier molecular flexibility index (Phi) is 2.40. The van der Waals surface area contributed by atoms with Crippen molar-refractivity contribution in [1.29, 1.82) is 0 Å². The van der Waals surface area contributed by atoms with Crippen molar-refractivity contribution in [3.05, 3.63) is 24.2 Å². The maximum atomic E-state index is 10.6. The molecule has 1 heterocycles. The van der Waals surface area contributed by atoms with Crippen LogP contribution in [0.25, 0.3) is 0 Å². The van der Waals surface area contributed by atoms with Gasteiger partial charge in [0.2, 0.25) is 0 Å². The Balaban J connectivity index is 2.28. The highest BCUT2D eigenvalue weighted by Crippen LogP contribution is 2.43. The Bertz CT molecular complexity index is 291. The molecule has 0 spiro atoms. The molecule has 78 valence electrons. The van der Waals surface area contributed by atoms with Crippen LogP contribution in [0.5, 0.6) is 0 Å². The average Bonchev–Trinajstić information content (AvgIpc) is 2.65. The van der Waals surface area contributed by atoms with E-state index in [4.69, 9.17) is 4.42 Å². The van der Waals surface area contributed by atoms with E-state index in [9.17, 15) is 5.11 Å². The van der Waals surface area contributed by atoms with E-state index in [2.05, 4.69) is 13.8 Å². The number of furan rings is 1. The minimum Gasteiger partial charge on any atom is -0.472 e. The molecular formula is C12H18O2. The fraction of sp³-hybridized carbons (Fsp3) is 0.667. The Labute approximate surface area is 84.9 Å². The van der Waals surface area contributed by atoms with Gasteiger partial charge in [-0.25, -0.2) is 0 Å². The molecule has 0 aliphatic heterocycles. The Morgan fingerprint density at radius 1 is 1.43 bits per heavy atom. The molecular weight excluding hydrogens is 176 g/mol. The molecule has 1 fully saturated rings. The topological polar surface area (TPSA) is 33.4 Å². The summed E-state index contributed by atoms with van der Waals surface area (Å²) in [5.41, 5.74) is 0.279. The lowest BCUT2D eigenvalue weighted by molar-refractivity contribution is -0.0630. The van der Waals surface area contributed by atoms with Gasteiger partial charge in [0.25, 0.3) is 0 Å². The molecule has 0 saturated heterocycles. The van der Waals surface area contributed by atoms with Crippen LogP contribution < -0.4 is 0 Å². The van der Waals surface area contributed by atoms with Crippen molar-refractivity contribution in [3.63, 3.8) is 0 Å². The lowest BCUT2D eigenvalue weighted by Gasteiger charge is -2.40. The highest BCUT2D eigenvalue weighted by atomic mass is 16.3. The van der Waals surface area contributed by atoms with Crippen LogP contribution in [0.2, 0.25) is 0 Å². The molecule has 3 atom stereocenters. The van der Waals surface area contributed by atoms with Gasteiger partial charge in [-0.1, -0.05) is 20.3 Å². The molecule has 1 aromatic rings. The average molecular weight is 194 g/mol. The van der Waals surface area contributed by atoms with Crippen molar-refractivity contribution in [2.45, 2.75) is 38.7 Å². The molecule has 1 aliphatic rings. The standard InChI is InChI=1S/C12H18O2/c1-9-3-4-10(2)12(13,7-9)11-5-6-14-8-11/h5-6,8-10,13H,3-4,7H2,1-2H3. The number of hydrogen-bond acceptors (Lipinski definition) is 2. The maximum absolute atomic E-state index is 10.6. The fourth-order valence-electron chi connectivity index (χ4n) is 2.52. The van der Waals surface area contributed by atoms with Gasteiger partial charge in [-0.2, -0.15) is 0 Å². The molecule has 2 rings (SSSR count). The normalized spacial score (nSPS) is 38.5. The lowest BCUT2D eigenvalue weighted by atomic mass is 9.69. The first-order valence-electron chi connectivity index (χ1n) is 5.38. The van der Waals surface area contributed by atoms with Gasteiger partial charge < -0.3 is 9.52 Å². The Hall–Kier alpha value is -0.760. The summed E-state index contributed by atoms with van der Waals surface area (Å²) in [6.45, 7) is 4.33.